The summed E-state index contributed by atoms with van der Waals surface area (Å²) in [7, 11) is 0. The van der Waals surface area contributed by atoms with Crippen LogP contribution in [0.25, 0.3) is 74.7 Å². The molecule has 1 heteroatoms. The molecule has 0 nitrogen and oxygen atoms in total. The van der Waals surface area contributed by atoms with Crippen LogP contribution in [0.5, 0.6) is 0 Å². The molecule has 7 aromatic carbocycles. The highest BCUT2D eigenvalue weighted by atomic mass is 32.1. The van der Waals surface area contributed by atoms with Gasteiger partial charge in [0, 0.05) is 25.7 Å². The summed E-state index contributed by atoms with van der Waals surface area (Å²) < 4.78 is 194. The summed E-state index contributed by atoms with van der Waals surface area (Å²) >= 11 is 0.675. The van der Waals surface area contributed by atoms with E-state index in [0.29, 0.717) is 11.3 Å². The molecule has 0 aliphatic heterocycles. The molecule has 0 spiro atoms. The predicted molar refractivity (Wildman–Crippen MR) is 163 cm³/mol. The first-order valence-electron chi connectivity index (χ1n) is 21.9. The monoisotopic (exact) mass is 508 g/mol. The van der Waals surface area contributed by atoms with Crippen molar-refractivity contribution in [3.63, 3.8) is 0 Å². The Bertz CT molecular complexity index is 3270. The van der Waals surface area contributed by atoms with E-state index in [1.165, 1.54) is 0 Å². The molecule has 0 saturated heterocycles. The van der Waals surface area contributed by atoms with Crippen molar-refractivity contribution in [1.82, 2.24) is 0 Å². The van der Waals surface area contributed by atoms with Gasteiger partial charge < -0.3 is 0 Å². The van der Waals surface area contributed by atoms with Gasteiger partial charge >= 0.3 is 0 Å². The average molecular weight is 509 g/mol. The van der Waals surface area contributed by atoms with Crippen molar-refractivity contribution in [1.29, 1.82) is 0 Å². The van der Waals surface area contributed by atoms with Gasteiger partial charge in [0.15, 0.2) is 0 Å². The molecule has 0 aliphatic rings. The van der Waals surface area contributed by atoms with Crippen LogP contribution in [-0.4, -0.2) is 0 Å². The minimum absolute atomic E-state index is 0.0961. The van der Waals surface area contributed by atoms with Crippen molar-refractivity contribution in [2.75, 3.05) is 0 Å². The Labute approximate surface area is 250 Å². The summed E-state index contributed by atoms with van der Waals surface area (Å²) in [4.78, 5) is 0. The fourth-order valence-electron chi connectivity index (χ4n) is 4.54. The van der Waals surface area contributed by atoms with Crippen LogP contribution in [0.3, 0.4) is 0 Å². The van der Waals surface area contributed by atoms with Crippen LogP contribution in [0.4, 0.5) is 0 Å². The van der Waals surface area contributed by atoms with Gasteiger partial charge in [-0.05, 0) is 61.1 Å². The Balaban J connectivity index is 1.79. The van der Waals surface area contributed by atoms with E-state index in [-0.39, 0.29) is 20.2 Å². The van der Waals surface area contributed by atoms with Gasteiger partial charge in [-0.2, -0.15) is 0 Å². The summed E-state index contributed by atoms with van der Waals surface area (Å²) in [5, 5.41) is -3.74. The van der Waals surface area contributed by atoms with Crippen molar-refractivity contribution in [3.8, 4) is 22.3 Å². The van der Waals surface area contributed by atoms with Crippen molar-refractivity contribution in [2.24, 2.45) is 0 Å². The van der Waals surface area contributed by atoms with Crippen LogP contribution in [0, 0.1) is 0 Å². The minimum Gasteiger partial charge on any atom is -0.135 e. The molecule has 0 fully saturated rings. The second-order valence-electron chi connectivity index (χ2n) is 8.01. The van der Waals surface area contributed by atoms with Crippen LogP contribution < -0.4 is 0 Å². The molecule has 0 bridgehead atoms. The number of hydrogen-bond acceptors (Lipinski definition) is 1. The fourth-order valence-corrected chi connectivity index (χ4v) is 5.61. The van der Waals surface area contributed by atoms with Gasteiger partial charge in [0.05, 0.1) is 30.2 Å². The van der Waals surface area contributed by atoms with E-state index >= 15 is 0 Å². The summed E-state index contributed by atoms with van der Waals surface area (Å²) in [5.74, 6) is 0. The van der Waals surface area contributed by atoms with Crippen LogP contribution in [0.2, 0.25) is 0 Å². The maximum Gasteiger partial charge on any atom is 0.0638 e. The smallest absolute Gasteiger partial charge is 0.0638 e. The molecule has 1 aromatic heterocycles. The molecule has 0 saturated carbocycles. The third kappa shape index (κ3) is 3.08. The Morgan fingerprint density at radius 1 is 0.432 bits per heavy atom. The molecule has 8 rings (SSSR count). The molecule has 0 aliphatic carbocycles. The van der Waals surface area contributed by atoms with Gasteiger partial charge in [0.25, 0.3) is 0 Å². The number of fused-ring (bicyclic) bond motifs is 6. The molecule has 172 valence electrons. The first-order valence-corrected chi connectivity index (χ1v) is 11.7. The second kappa shape index (κ2) is 8.03. The van der Waals surface area contributed by atoms with E-state index in [1.54, 1.807) is 0 Å². The topological polar surface area (TPSA) is 0 Å². The molecule has 0 N–H and O–H groups in total. The minimum atomic E-state index is -0.883. The van der Waals surface area contributed by atoms with Crippen LogP contribution in [0.15, 0.2) is 133 Å². The number of hydrogen-bond donors (Lipinski definition) is 0. The Kier molecular flexibility index (Phi) is 1.85. The summed E-state index contributed by atoms with van der Waals surface area (Å²) in [6.07, 6.45) is 0. The SMILES string of the molecule is [2H]c1c([2H])c([2H])c2c(sc3c(-c4c5c([2H])c([2H])c([2H])c([2H])c5c(-c5c([2H])c([2H])c6c([2H])c([2H])c([2H])c([2H])c6c5[2H])c5c([2H])c([2H])c([2H])c([2H])c45)c([2H])c([2H])c([2H])c32)c1[2H]. The highest BCUT2D eigenvalue weighted by molar-refractivity contribution is 7.26. The van der Waals surface area contributed by atoms with Gasteiger partial charge in [-0.25, -0.2) is 0 Å². The third-order valence-corrected chi connectivity index (χ3v) is 7.18. The number of thiophene rings is 1. The molecular weight excluding hydrogens is 464 g/mol. The largest absolute Gasteiger partial charge is 0.135 e. The third-order valence-electron chi connectivity index (χ3n) is 6.06. The molecule has 0 radical (unpaired) electrons. The lowest BCUT2D eigenvalue weighted by Crippen LogP contribution is -1.91. The Morgan fingerprint density at radius 3 is 1.73 bits per heavy atom. The predicted octanol–water partition coefficient (Wildman–Crippen LogP) is 10.8. The lowest BCUT2D eigenvalue weighted by Gasteiger charge is -2.18. The van der Waals surface area contributed by atoms with E-state index in [0.717, 1.165) is 0 Å². The molecule has 37 heavy (non-hydrogen) atoms. The molecule has 8 aromatic rings. The van der Waals surface area contributed by atoms with E-state index in [9.17, 15) is 9.60 Å². The van der Waals surface area contributed by atoms with Crippen LogP contribution in [0.1, 0.15) is 30.2 Å². The summed E-state index contributed by atoms with van der Waals surface area (Å²) in [6.45, 7) is 0. The zero-order valence-electron chi connectivity index (χ0n) is 40.4. The van der Waals surface area contributed by atoms with E-state index in [4.69, 9.17) is 20.6 Å². The van der Waals surface area contributed by atoms with Crippen LogP contribution in [-0.2, 0) is 0 Å². The normalized spacial score (nSPS) is 20.1. The average Bonchev–Trinajstić information content (AvgIpc) is 3.61. The van der Waals surface area contributed by atoms with Crippen molar-refractivity contribution in [2.45, 2.75) is 0 Å². The highest BCUT2D eigenvalue weighted by Crippen LogP contribution is 2.47. The van der Waals surface area contributed by atoms with Crippen molar-refractivity contribution in [3.05, 3.63) is 133 Å². The van der Waals surface area contributed by atoms with Crippen molar-refractivity contribution < 1.29 is 30.2 Å². The van der Waals surface area contributed by atoms with Gasteiger partial charge in [0.2, 0.25) is 0 Å². The molecular formula is C36H22S. The quantitative estimate of drug-likeness (QED) is 0.204. The zero-order valence-corrected chi connectivity index (χ0v) is 19.2. The number of rotatable bonds is 2. The van der Waals surface area contributed by atoms with Gasteiger partial charge in [0.1, 0.15) is 0 Å². The fraction of sp³-hybridized carbons (Fsp3) is 0. The number of benzene rings is 7. The van der Waals surface area contributed by atoms with Crippen LogP contribution >= 0.6 is 11.3 Å². The molecule has 0 amide bonds. The molecule has 0 unspecified atom stereocenters. The standard InChI is InChI=1S/C36H22S/c1-2-11-24-22-25(21-20-23(24)10-1)34-27-13-3-5-15-29(27)35(30-16-6-4-14-28(30)34)32-18-9-17-31-26-12-7-8-19-33(26)37-36(31)32/h1-22H/i1D,2D,3D,4D,5D,6D,7D,8D,9D,10D,11D,12D,13D,14D,15D,16D,17D,18D,19D,20D,21D,22D. The maximum absolute atomic E-state index is 9.38. The summed E-state index contributed by atoms with van der Waals surface area (Å²) in [5.41, 5.74) is -2.15. The highest BCUT2D eigenvalue weighted by Gasteiger charge is 2.19. The van der Waals surface area contributed by atoms with Gasteiger partial charge in [-0.1, -0.05) is 121 Å². The molecule has 1 heterocycles. The second-order valence-corrected chi connectivity index (χ2v) is 9.03. The lowest BCUT2D eigenvalue weighted by atomic mass is 9.85. The Morgan fingerprint density at radius 2 is 1.00 bits per heavy atom. The van der Waals surface area contributed by atoms with Crippen molar-refractivity contribution >= 4 is 63.8 Å². The van der Waals surface area contributed by atoms with Gasteiger partial charge in [-0.3, -0.25) is 0 Å². The lowest BCUT2D eigenvalue weighted by molar-refractivity contribution is 1.69. The van der Waals surface area contributed by atoms with E-state index in [1.807, 2.05) is 0 Å². The first-order chi connectivity index (χ1) is 27.5. The van der Waals surface area contributed by atoms with Gasteiger partial charge in [-0.15, -0.1) is 11.3 Å². The summed E-state index contributed by atoms with van der Waals surface area (Å²) in [6, 6.07) is -17.1. The molecule has 0 atom stereocenters. The zero-order chi connectivity index (χ0) is 43.5. The Hall–Kier alpha value is -4.46. The maximum atomic E-state index is 9.38. The van der Waals surface area contributed by atoms with E-state index in [2.05, 4.69) is 0 Å². The first kappa shape index (κ1) is 8.55. The van der Waals surface area contributed by atoms with E-state index < -0.39 is 188 Å².